The van der Waals surface area contributed by atoms with E-state index >= 15 is 0 Å². The summed E-state index contributed by atoms with van der Waals surface area (Å²) >= 11 is 1.86. The lowest BCUT2D eigenvalue weighted by Gasteiger charge is -2.20. The van der Waals surface area contributed by atoms with Crippen LogP contribution in [-0.4, -0.2) is 42.9 Å². The van der Waals surface area contributed by atoms with Gasteiger partial charge >= 0.3 is 0 Å². The van der Waals surface area contributed by atoms with Crippen molar-refractivity contribution in [2.45, 2.75) is 155 Å². The summed E-state index contributed by atoms with van der Waals surface area (Å²) in [6.45, 7) is 17.2. The first kappa shape index (κ1) is 43.5. The van der Waals surface area contributed by atoms with Gasteiger partial charge in [-0.25, -0.2) is 0 Å². The molecule has 296 valence electrons. The van der Waals surface area contributed by atoms with Crippen molar-refractivity contribution in [3.63, 3.8) is 0 Å². The number of hydrogen-bond donors (Lipinski definition) is 1. The van der Waals surface area contributed by atoms with Crippen LogP contribution in [0.1, 0.15) is 150 Å². The van der Waals surface area contributed by atoms with Gasteiger partial charge in [0.2, 0.25) is 0 Å². The summed E-state index contributed by atoms with van der Waals surface area (Å²) in [5.41, 5.74) is -0.171. The molecule has 0 saturated heterocycles. The van der Waals surface area contributed by atoms with Crippen LogP contribution in [0.5, 0.6) is 23.0 Å². The maximum atomic E-state index is 10.7. The smallest absolute Gasteiger partial charge is 0.161 e. The standard InChI is InChI=1S/C48H68O5S/c1-8-13-18-25-50-43-31-38-37-30-36(23-24-48(6,7)49)47(54-29-22-17-12-5)35-42(37)41-34-46(53-28-21-16-11-4)45(52-27-20-15-10-3)33-40(41)39(38)32-44(43)51-26-19-14-9-2/h30-35,49H,8-22,25-29H2,1-7H3. The number of ether oxygens (including phenoxy) is 4. The number of unbranched alkanes of at least 4 members (excludes halogenated alkanes) is 10. The Kier molecular flexibility index (Phi) is 18.5. The van der Waals surface area contributed by atoms with E-state index in [0.29, 0.717) is 26.4 Å². The molecule has 1 N–H and O–H groups in total. The van der Waals surface area contributed by atoms with Gasteiger partial charge < -0.3 is 24.1 Å². The minimum atomic E-state index is -1.11. The molecule has 0 bridgehead atoms. The van der Waals surface area contributed by atoms with Crippen LogP contribution < -0.4 is 18.9 Å². The van der Waals surface area contributed by atoms with Gasteiger partial charge in [-0.05, 0) is 120 Å². The molecule has 0 aliphatic carbocycles. The molecule has 4 aromatic rings. The summed E-state index contributed by atoms with van der Waals surface area (Å²) < 4.78 is 26.2. The summed E-state index contributed by atoms with van der Waals surface area (Å²) in [7, 11) is 0. The summed E-state index contributed by atoms with van der Waals surface area (Å²) in [6, 6.07) is 13.4. The van der Waals surface area contributed by atoms with Gasteiger partial charge in [0, 0.05) is 10.5 Å². The highest BCUT2D eigenvalue weighted by Crippen LogP contribution is 2.46. The molecule has 0 unspecified atom stereocenters. The van der Waals surface area contributed by atoms with E-state index in [1.807, 2.05) is 11.8 Å². The number of benzene rings is 4. The third-order valence-electron chi connectivity index (χ3n) is 9.69. The molecule has 0 saturated carbocycles. The van der Waals surface area contributed by atoms with Crippen molar-refractivity contribution in [2.75, 3.05) is 32.2 Å². The minimum Gasteiger partial charge on any atom is -0.490 e. The SMILES string of the molecule is CCCCCOc1cc2c3cc(C#CC(C)(C)O)c(SCCCCC)cc3c3cc(OCCCCC)c(OCCCCC)cc3c2cc1OCCCCC. The fourth-order valence-corrected chi connectivity index (χ4v) is 7.63. The largest absolute Gasteiger partial charge is 0.490 e. The molecule has 0 spiro atoms. The van der Waals surface area contributed by atoms with Crippen LogP contribution in [-0.2, 0) is 0 Å². The van der Waals surface area contributed by atoms with Crippen LogP contribution in [0.4, 0.5) is 0 Å². The number of hydrogen-bond acceptors (Lipinski definition) is 6. The second-order valence-electron chi connectivity index (χ2n) is 15.2. The van der Waals surface area contributed by atoms with E-state index in [1.165, 1.54) is 12.8 Å². The van der Waals surface area contributed by atoms with Gasteiger partial charge in [0.15, 0.2) is 23.0 Å². The van der Waals surface area contributed by atoms with Crippen molar-refractivity contribution in [3.05, 3.63) is 42.0 Å². The quantitative estimate of drug-likeness (QED) is 0.0314. The Hall–Kier alpha value is -3.27. The Bertz CT molecular complexity index is 1760. The van der Waals surface area contributed by atoms with E-state index in [2.05, 4.69) is 82.9 Å². The molecule has 54 heavy (non-hydrogen) atoms. The molecule has 6 heteroatoms. The monoisotopic (exact) mass is 756 g/mol. The summed E-state index contributed by atoms with van der Waals surface area (Å²) in [5.74, 6) is 10.7. The highest BCUT2D eigenvalue weighted by atomic mass is 32.2. The van der Waals surface area contributed by atoms with Gasteiger partial charge in [0.25, 0.3) is 0 Å². The lowest BCUT2D eigenvalue weighted by atomic mass is 9.92. The molecule has 0 aliphatic heterocycles. The van der Waals surface area contributed by atoms with Crippen molar-refractivity contribution >= 4 is 44.1 Å². The van der Waals surface area contributed by atoms with Crippen molar-refractivity contribution in [3.8, 4) is 34.8 Å². The Balaban J connectivity index is 2.06. The summed E-state index contributed by atoms with van der Waals surface area (Å²) in [5, 5.41) is 17.3. The number of thioether (sulfide) groups is 1. The molecule has 0 radical (unpaired) electrons. The molecule has 0 amide bonds. The van der Waals surface area contributed by atoms with Gasteiger partial charge in [-0.15, -0.1) is 11.8 Å². The molecular formula is C48H68O5S. The first-order valence-corrected chi connectivity index (χ1v) is 22.2. The fourth-order valence-electron chi connectivity index (χ4n) is 6.60. The minimum absolute atomic E-state index is 0.644. The van der Waals surface area contributed by atoms with Crippen molar-refractivity contribution in [1.29, 1.82) is 0 Å². The van der Waals surface area contributed by atoms with Crippen molar-refractivity contribution < 1.29 is 24.1 Å². The van der Waals surface area contributed by atoms with Gasteiger partial charge in [0.1, 0.15) is 5.60 Å². The Morgan fingerprint density at radius 3 is 1.17 bits per heavy atom. The highest BCUT2D eigenvalue weighted by Gasteiger charge is 2.20. The number of fused-ring (bicyclic) bond motifs is 6. The lowest BCUT2D eigenvalue weighted by molar-refractivity contribution is 0.143. The molecule has 4 aromatic carbocycles. The first-order chi connectivity index (χ1) is 26.2. The highest BCUT2D eigenvalue weighted by molar-refractivity contribution is 7.99. The normalized spacial score (nSPS) is 11.6. The van der Waals surface area contributed by atoms with Gasteiger partial charge in [-0.1, -0.05) is 111 Å². The van der Waals surface area contributed by atoms with Crippen LogP contribution in [0.2, 0.25) is 0 Å². The van der Waals surface area contributed by atoms with E-state index in [4.69, 9.17) is 18.9 Å². The third-order valence-corrected chi connectivity index (χ3v) is 10.8. The second-order valence-corrected chi connectivity index (χ2v) is 16.3. The van der Waals surface area contributed by atoms with E-state index < -0.39 is 5.60 Å². The van der Waals surface area contributed by atoms with Crippen LogP contribution in [0.25, 0.3) is 32.3 Å². The Morgan fingerprint density at radius 2 is 0.815 bits per heavy atom. The molecule has 5 nitrogen and oxygen atoms in total. The summed E-state index contributed by atoms with van der Waals surface area (Å²) in [4.78, 5) is 1.13. The molecule has 0 aliphatic rings. The number of rotatable bonds is 25. The fraction of sp³-hybridized carbons (Fsp3) is 0.583. The molecule has 4 rings (SSSR count). The topological polar surface area (TPSA) is 57.2 Å². The molecule has 0 aromatic heterocycles. The van der Waals surface area contributed by atoms with Gasteiger partial charge in [0.05, 0.1) is 26.4 Å². The number of aliphatic hydroxyl groups is 1. The molecule has 0 atom stereocenters. The molecule has 0 fully saturated rings. The third kappa shape index (κ3) is 12.9. The molecule has 0 heterocycles. The predicted octanol–water partition coefficient (Wildman–Crippen LogP) is 13.8. The zero-order chi connectivity index (χ0) is 38.8. The van der Waals surface area contributed by atoms with E-state index in [0.717, 1.165) is 155 Å². The van der Waals surface area contributed by atoms with Crippen molar-refractivity contribution in [1.82, 2.24) is 0 Å². The zero-order valence-electron chi connectivity index (χ0n) is 34.6. The molecular weight excluding hydrogens is 689 g/mol. The van der Waals surface area contributed by atoms with Gasteiger partial charge in [-0.3, -0.25) is 0 Å². The Labute approximate surface area is 331 Å². The van der Waals surface area contributed by atoms with Crippen molar-refractivity contribution in [2.24, 2.45) is 0 Å². The first-order valence-electron chi connectivity index (χ1n) is 21.2. The maximum Gasteiger partial charge on any atom is 0.161 e. The van der Waals surface area contributed by atoms with E-state index in [1.54, 1.807) is 13.8 Å². The van der Waals surface area contributed by atoms with E-state index in [9.17, 15) is 5.11 Å². The van der Waals surface area contributed by atoms with Crippen LogP contribution >= 0.6 is 11.8 Å². The second kappa shape index (κ2) is 23.0. The average molecular weight is 757 g/mol. The average Bonchev–Trinajstić information content (AvgIpc) is 3.16. The zero-order valence-corrected chi connectivity index (χ0v) is 35.4. The summed E-state index contributed by atoms with van der Waals surface area (Å²) in [6.07, 6.45) is 16.6. The maximum absolute atomic E-state index is 10.7. The van der Waals surface area contributed by atoms with Crippen LogP contribution in [0.3, 0.4) is 0 Å². The predicted molar refractivity (Wildman–Crippen MR) is 232 cm³/mol. The van der Waals surface area contributed by atoms with E-state index in [-0.39, 0.29) is 0 Å². The van der Waals surface area contributed by atoms with Gasteiger partial charge in [-0.2, -0.15) is 0 Å². The van der Waals surface area contributed by atoms with Crippen LogP contribution in [0, 0.1) is 11.8 Å². The Morgan fingerprint density at radius 1 is 0.481 bits per heavy atom. The lowest BCUT2D eigenvalue weighted by Crippen LogP contribution is -2.14. The van der Waals surface area contributed by atoms with Crippen LogP contribution in [0.15, 0.2) is 41.3 Å².